The van der Waals surface area contributed by atoms with Gasteiger partial charge in [-0.25, -0.2) is 0 Å². The summed E-state index contributed by atoms with van der Waals surface area (Å²) >= 11 is 0. The lowest BCUT2D eigenvalue weighted by atomic mass is 9.99. The number of hydrogen-bond acceptors (Lipinski definition) is 4. The van der Waals surface area contributed by atoms with Gasteiger partial charge in [0.05, 0.1) is 5.56 Å². The first-order chi connectivity index (χ1) is 9.04. The summed E-state index contributed by atoms with van der Waals surface area (Å²) < 4.78 is 5.33. The summed E-state index contributed by atoms with van der Waals surface area (Å²) in [4.78, 5) is 19.1. The Kier molecular flexibility index (Phi) is 4.24. The minimum absolute atomic E-state index is 0.131. The van der Waals surface area contributed by atoms with Crippen LogP contribution in [0, 0.1) is 5.92 Å². The number of nitrogens with zero attached hydrogens (tertiary/aromatic N) is 1. The molecule has 1 heterocycles. The van der Waals surface area contributed by atoms with Crippen molar-refractivity contribution in [2.24, 2.45) is 5.92 Å². The van der Waals surface area contributed by atoms with Crippen molar-refractivity contribution >= 4 is 0 Å². The van der Waals surface area contributed by atoms with E-state index in [9.17, 15) is 9.90 Å². The SMILES string of the molecule is COC(c1nc(O)c(C2CCCC2)c(=O)[nH]1)C(C)C. The maximum Gasteiger partial charge on any atom is 0.258 e. The van der Waals surface area contributed by atoms with Gasteiger partial charge in [-0.2, -0.15) is 4.98 Å². The number of hydrogen-bond donors (Lipinski definition) is 2. The molecule has 1 aliphatic rings. The number of nitrogens with one attached hydrogen (secondary N) is 1. The van der Waals surface area contributed by atoms with Crippen LogP contribution in [0.2, 0.25) is 0 Å². The highest BCUT2D eigenvalue weighted by atomic mass is 16.5. The predicted octanol–water partition coefficient (Wildman–Crippen LogP) is 2.48. The number of aromatic nitrogens is 2. The lowest BCUT2D eigenvalue weighted by Gasteiger charge is -2.19. The van der Waals surface area contributed by atoms with Gasteiger partial charge in [0.2, 0.25) is 5.88 Å². The number of aromatic hydroxyl groups is 1. The summed E-state index contributed by atoms with van der Waals surface area (Å²) in [5.41, 5.74) is 0.219. The first kappa shape index (κ1) is 14.1. The predicted molar refractivity (Wildman–Crippen MR) is 72.3 cm³/mol. The van der Waals surface area contributed by atoms with Crippen LogP contribution in [0.3, 0.4) is 0 Å². The monoisotopic (exact) mass is 266 g/mol. The van der Waals surface area contributed by atoms with Gasteiger partial charge in [0.1, 0.15) is 11.9 Å². The zero-order chi connectivity index (χ0) is 14.0. The summed E-state index contributed by atoms with van der Waals surface area (Å²) in [6.07, 6.45) is 3.82. The molecule has 1 aromatic rings. The molecule has 2 N–H and O–H groups in total. The number of methoxy groups -OCH3 is 1. The van der Waals surface area contributed by atoms with Gasteiger partial charge < -0.3 is 14.8 Å². The Balaban J connectivity index is 2.38. The summed E-state index contributed by atoms with van der Waals surface area (Å²) in [5.74, 6) is 0.588. The molecule has 19 heavy (non-hydrogen) atoms. The molecule has 5 heteroatoms. The van der Waals surface area contributed by atoms with E-state index >= 15 is 0 Å². The molecule has 1 fully saturated rings. The van der Waals surface area contributed by atoms with Gasteiger partial charge in [0.15, 0.2) is 0 Å². The quantitative estimate of drug-likeness (QED) is 0.878. The van der Waals surface area contributed by atoms with Crippen molar-refractivity contribution in [1.82, 2.24) is 9.97 Å². The molecule has 1 aromatic heterocycles. The third-order valence-corrected chi connectivity index (χ3v) is 3.85. The Morgan fingerprint density at radius 1 is 1.37 bits per heavy atom. The van der Waals surface area contributed by atoms with Crippen LogP contribution in [0.25, 0.3) is 0 Å². The normalized spacial score (nSPS) is 18.1. The van der Waals surface area contributed by atoms with Crippen LogP contribution >= 0.6 is 0 Å². The number of rotatable bonds is 4. The second-order valence-corrected chi connectivity index (χ2v) is 5.57. The Labute approximate surface area is 113 Å². The van der Waals surface area contributed by atoms with E-state index in [1.54, 1.807) is 7.11 Å². The highest BCUT2D eigenvalue weighted by molar-refractivity contribution is 5.27. The fraction of sp³-hybridized carbons (Fsp3) is 0.714. The van der Waals surface area contributed by atoms with E-state index < -0.39 is 0 Å². The number of H-pyrrole nitrogens is 1. The maximum absolute atomic E-state index is 12.2. The molecule has 2 rings (SSSR count). The molecule has 1 saturated carbocycles. The second-order valence-electron chi connectivity index (χ2n) is 5.57. The molecule has 0 radical (unpaired) electrons. The van der Waals surface area contributed by atoms with E-state index in [4.69, 9.17) is 4.74 Å². The van der Waals surface area contributed by atoms with Crippen molar-refractivity contribution in [1.29, 1.82) is 0 Å². The van der Waals surface area contributed by atoms with Gasteiger partial charge in [-0.15, -0.1) is 0 Å². The van der Waals surface area contributed by atoms with Gasteiger partial charge in [0, 0.05) is 7.11 Å². The van der Waals surface area contributed by atoms with Gasteiger partial charge in [0.25, 0.3) is 5.56 Å². The van der Waals surface area contributed by atoms with Crippen molar-refractivity contribution in [2.75, 3.05) is 7.11 Å². The van der Waals surface area contributed by atoms with Crippen molar-refractivity contribution in [3.8, 4) is 5.88 Å². The Morgan fingerprint density at radius 3 is 2.47 bits per heavy atom. The Morgan fingerprint density at radius 2 is 2.00 bits per heavy atom. The van der Waals surface area contributed by atoms with E-state index in [0.717, 1.165) is 25.7 Å². The Hall–Kier alpha value is -1.36. The standard InChI is InChI=1S/C14H22N2O3/c1-8(2)11(19-3)12-15-13(17)10(14(18)16-12)9-6-4-5-7-9/h8-9,11H,4-7H2,1-3H3,(H2,15,16,17,18). The van der Waals surface area contributed by atoms with Crippen LogP contribution in [0.15, 0.2) is 4.79 Å². The lowest BCUT2D eigenvalue weighted by Crippen LogP contribution is -2.22. The summed E-state index contributed by atoms with van der Waals surface area (Å²) in [6.45, 7) is 3.96. The molecule has 0 aliphatic heterocycles. The average molecular weight is 266 g/mol. The molecule has 0 amide bonds. The van der Waals surface area contributed by atoms with Crippen LogP contribution < -0.4 is 5.56 Å². The smallest absolute Gasteiger partial charge is 0.258 e. The molecular formula is C14H22N2O3. The molecule has 5 nitrogen and oxygen atoms in total. The highest BCUT2D eigenvalue weighted by Crippen LogP contribution is 2.36. The van der Waals surface area contributed by atoms with E-state index in [1.165, 1.54) is 0 Å². The Bertz CT molecular complexity index is 490. The van der Waals surface area contributed by atoms with Gasteiger partial charge >= 0.3 is 0 Å². The second kappa shape index (κ2) is 5.74. The van der Waals surface area contributed by atoms with E-state index in [2.05, 4.69) is 9.97 Å². The van der Waals surface area contributed by atoms with Gasteiger partial charge in [-0.05, 0) is 24.7 Å². The molecule has 106 valence electrons. The first-order valence-corrected chi connectivity index (χ1v) is 6.90. The van der Waals surface area contributed by atoms with Crippen LogP contribution in [-0.2, 0) is 4.74 Å². The fourth-order valence-electron chi connectivity index (χ4n) is 2.90. The van der Waals surface area contributed by atoms with Gasteiger partial charge in [-0.3, -0.25) is 4.79 Å². The van der Waals surface area contributed by atoms with Crippen molar-refractivity contribution in [3.05, 3.63) is 21.7 Å². The zero-order valence-electron chi connectivity index (χ0n) is 11.8. The minimum atomic E-state index is -0.309. The molecule has 0 bridgehead atoms. The van der Waals surface area contributed by atoms with Gasteiger partial charge in [-0.1, -0.05) is 26.7 Å². The summed E-state index contributed by atoms with van der Waals surface area (Å²) in [5, 5.41) is 10.1. The lowest BCUT2D eigenvalue weighted by molar-refractivity contribution is 0.0566. The molecule has 1 unspecified atom stereocenters. The minimum Gasteiger partial charge on any atom is -0.493 e. The molecule has 0 saturated heterocycles. The van der Waals surface area contributed by atoms with Crippen LogP contribution in [-0.4, -0.2) is 22.2 Å². The topological polar surface area (TPSA) is 75.2 Å². The molecule has 0 spiro atoms. The van der Waals surface area contributed by atoms with Crippen molar-refractivity contribution < 1.29 is 9.84 Å². The summed E-state index contributed by atoms with van der Waals surface area (Å²) in [6, 6.07) is 0. The van der Waals surface area contributed by atoms with Crippen LogP contribution in [0.4, 0.5) is 0 Å². The van der Waals surface area contributed by atoms with E-state index in [0.29, 0.717) is 11.4 Å². The largest absolute Gasteiger partial charge is 0.493 e. The van der Waals surface area contributed by atoms with Crippen LogP contribution in [0.1, 0.15) is 62.9 Å². The molecule has 1 atom stereocenters. The van der Waals surface area contributed by atoms with Crippen molar-refractivity contribution in [3.63, 3.8) is 0 Å². The van der Waals surface area contributed by atoms with E-state index in [1.807, 2.05) is 13.8 Å². The zero-order valence-corrected chi connectivity index (χ0v) is 11.8. The third-order valence-electron chi connectivity index (χ3n) is 3.85. The fourth-order valence-corrected chi connectivity index (χ4v) is 2.90. The van der Waals surface area contributed by atoms with Crippen LogP contribution in [0.5, 0.6) is 5.88 Å². The summed E-state index contributed by atoms with van der Waals surface area (Å²) in [7, 11) is 1.58. The van der Waals surface area contributed by atoms with E-state index in [-0.39, 0.29) is 29.4 Å². The highest BCUT2D eigenvalue weighted by Gasteiger charge is 2.26. The van der Waals surface area contributed by atoms with Crippen molar-refractivity contribution in [2.45, 2.75) is 51.6 Å². The molecule has 1 aliphatic carbocycles. The number of aromatic amines is 1. The molecular weight excluding hydrogens is 244 g/mol. The molecule has 0 aromatic carbocycles. The maximum atomic E-state index is 12.2. The first-order valence-electron chi connectivity index (χ1n) is 6.90. The third kappa shape index (κ3) is 2.81. The average Bonchev–Trinajstić information content (AvgIpc) is 2.82. The number of ether oxygens (including phenoxy) is 1.